The highest BCUT2D eigenvalue weighted by molar-refractivity contribution is 5.99. The zero-order valence-electron chi connectivity index (χ0n) is 25.4. The van der Waals surface area contributed by atoms with E-state index in [1.165, 1.54) is 34.9 Å². The lowest BCUT2D eigenvalue weighted by Crippen LogP contribution is -2.51. The van der Waals surface area contributed by atoms with Gasteiger partial charge in [-0.2, -0.15) is 0 Å². The molecule has 196 valence electrons. The number of nitrogens with two attached hydrogens (primary N) is 1. The number of nitrogens with zero attached hydrogens (tertiary/aromatic N) is 1. The molecular formula is C32H58N2. The van der Waals surface area contributed by atoms with E-state index < -0.39 is 0 Å². The lowest BCUT2D eigenvalue weighted by Gasteiger charge is -2.48. The predicted octanol–water partition coefficient (Wildman–Crippen LogP) is 9.20. The average molecular weight is 471 g/mol. The fourth-order valence-corrected chi connectivity index (χ4v) is 3.82. The number of hydrogen-bond acceptors (Lipinski definition) is 2. The summed E-state index contributed by atoms with van der Waals surface area (Å²) in [5, 5.41) is 0. The Morgan fingerprint density at radius 3 is 1.50 bits per heavy atom. The van der Waals surface area contributed by atoms with Crippen LogP contribution in [0.4, 0.5) is 0 Å². The normalized spacial score (nSPS) is 11.6. The van der Waals surface area contributed by atoms with Gasteiger partial charge in [-0.1, -0.05) is 124 Å². The summed E-state index contributed by atoms with van der Waals surface area (Å²) in [6.45, 7) is 25.5. The van der Waals surface area contributed by atoms with E-state index in [9.17, 15) is 0 Å². The van der Waals surface area contributed by atoms with E-state index >= 15 is 0 Å². The van der Waals surface area contributed by atoms with Crippen molar-refractivity contribution in [1.82, 2.24) is 4.90 Å². The Bertz CT molecular complexity index is 769. The van der Waals surface area contributed by atoms with Crippen molar-refractivity contribution in [3.8, 4) is 0 Å². The molecule has 0 bridgehead atoms. The van der Waals surface area contributed by atoms with Gasteiger partial charge in [-0.25, -0.2) is 0 Å². The maximum atomic E-state index is 4.50. The van der Waals surface area contributed by atoms with Crippen LogP contribution in [0, 0.1) is 5.41 Å². The van der Waals surface area contributed by atoms with Crippen molar-refractivity contribution in [1.29, 1.82) is 0 Å². The maximum Gasteiger partial charge on any atom is 0.0238 e. The highest BCUT2D eigenvalue weighted by atomic mass is 15.1. The van der Waals surface area contributed by atoms with Crippen LogP contribution in [0.15, 0.2) is 54.6 Å². The quantitative estimate of drug-likeness (QED) is 0.482. The smallest absolute Gasteiger partial charge is 0.0238 e. The summed E-state index contributed by atoms with van der Waals surface area (Å²) in [6.07, 6.45) is 1.03. The second-order valence-electron chi connectivity index (χ2n) is 8.13. The van der Waals surface area contributed by atoms with Gasteiger partial charge >= 0.3 is 0 Å². The Morgan fingerprint density at radius 1 is 0.647 bits per heavy atom. The zero-order valence-corrected chi connectivity index (χ0v) is 25.4. The van der Waals surface area contributed by atoms with E-state index in [-0.39, 0.29) is 11.0 Å². The van der Waals surface area contributed by atoms with Gasteiger partial charge in [0.2, 0.25) is 0 Å². The zero-order chi connectivity index (χ0) is 27.5. The van der Waals surface area contributed by atoms with Gasteiger partial charge in [0.1, 0.15) is 0 Å². The van der Waals surface area contributed by atoms with Crippen LogP contribution in [-0.4, -0.2) is 31.6 Å². The van der Waals surface area contributed by atoms with E-state index in [1.807, 2.05) is 55.4 Å². The topological polar surface area (TPSA) is 29.3 Å². The maximum absolute atomic E-state index is 4.50. The van der Waals surface area contributed by atoms with Gasteiger partial charge in [-0.15, -0.1) is 0 Å². The third-order valence-electron chi connectivity index (χ3n) is 6.35. The summed E-state index contributed by atoms with van der Waals surface area (Å²) >= 11 is 0. The van der Waals surface area contributed by atoms with Gasteiger partial charge in [-0.3, -0.25) is 0 Å². The van der Waals surface area contributed by atoms with E-state index in [2.05, 4.69) is 107 Å². The van der Waals surface area contributed by atoms with E-state index in [0.29, 0.717) is 0 Å². The van der Waals surface area contributed by atoms with Crippen molar-refractivity contribution in [3.63, 3.8) is 0 Å². The molecule has 3 rings (SSSR count). The van der Waals surface area contributed by atoms with Gasteiger partial charge in [0, 0.05) is 11.0 Å². The molecule has 0 unspecified atom stereocenters. The van der Waals surface area contributed by atoms with Gasteiger partial charge < -0.3 is 10.6 Å². The number of allylic oxidation sites excluding steroid dienone is 1. The molecule has 1 aliphatic carbocycles. The predicted molar refractivity (Wildman–Crippen MR) is 160 cm³/mol. The standard InChI is InChI=1S/C23H29N.4C2H6.CH5N/c1-22(2,23(3,4)24(5)6)21-19-15-11-10-14-18(19)16-20(21)17-12-8-7-9-13-17;5*1-2/h7-15H,16H2,1-6H3;4*1-2H3;2H2,1H3. The molecule has 2 N–H and O–H groups in total. The molecular weight excluding hydrogens is 412 g/mol. The molecule has 0 atom stereocenters. The van der Waals surface area contributed by atoms with Crippen molar-refractivity contribution in [2.24, 2.45) is 11.1 Å². The summed E-state index contributed by atoms with van der Waals surface area (Å²) in [6, 6.07) is 19.8. The number of rotatable bonds is 4. The van der Waals surface area contributed by atoms with Gasteiger partial charge in [0.05, 0.1) is 0 Å². The fourth-order valence-electron chi connectivity index (χ4n) is 3.82. The minimum atomic E-state index is 0.0221. The average Bonchev–Trinajstić information content (AvgIpc) is 3.31. The van der Waals surface area contributed by atoms with Crippen molar-refractivity contribution in [3.05, 3.63) is 71.3 Å². The summed E-state index contributed by atoms with van der Waals surface area (Å²) in [7, 11) is 5.87. The van der Waals surface area contributed by atoms with Crippen molar-refractivity contribution in [2.75, 3.05) is 21.1 Å². The molecule has 0 saturated heterocycles. The molecule has 0 radical (unpaired) electrons. The SMILES string of the molecule is CC.CC.CC.CC.CN.CN(C)C(C)(C)C(C)(C)C1=C(c2ccccc2)Cc2ccccc21. The largest absolute Gasteiger partial charge is 0.333 e. The summed E-state index contributed by atoms with van der Waals surface area (Å²) in [5.74, 6) is 0. The molecule has 0 spiro atoms. The minimum Gasteiger partial charge on any atom is -0.333 e. The van der Waals surface area contributed by atoms with Crippen LogP contribution in [0.5, 0.6) is 0 Å². The third kappa shape index (κ3) is 8.71. The van der Waals surface area contributed by atoms with Crippen LogP contribution in [0.25, 0.3) is 11.1 Å². The number of hydrogen-bond donors (Lipinski definition) is 1. The first-order valence-electron chi connectivity index (χ1n) is 13.4. The molecule has 2 nitrogen and oxygen atoms in total. The first kappa shape index (κ1) is 36.7. The van der Waals surface area contributed by atoms with E-state index in [1.54, 1.807) is 0 Å². The Hall–Kier alpha value is -1.90. The Morgan fingerprint density at radius 2 is 1.06 bits per heavy atom. The molecule has 2 heteroatoms. The molecule has 0 amide bonds. The molecule has 0 aliphatic heterocycles. The molecule has 34 heavy (non-hydrogen) atoms. The van der Waals surface area contributed by atoms with Crippen LogP contribution in [0.2, 0.25) is 0 Å². The van der Waals surface area contributed by atoms with Crippen LogP contribution in [0.3, 0.4) is 0 Å². The fraction of sp³-hybridized carbons (Fsp3) is 0.562. The molecule has 0 aromatic heterocycles. The lowest BCUT2D eigenvalue weighted by molar-refractivity contribution is 0.0937. The molecule has 0 heterocycles. The van der Waals surface area contributed by atoms with Crippen molar-refractivity contribution < 1.29 is 0 Å². The second kappa shape index (κ2) is 19.4. The van der Waals surface area contributed by atoms with Crippen LogP contribution in [-0.2, 0) is 6.42 Å². The first-order chi connectivity index (χ1) is 16.3. The summed E-state index contributed by atoms with van der Waals surface area (Å²) < 4.78 is 0. The molecule has 1 aliphatic rings. The first-order valence-corrected chi connectivity index (χ1v) is 13.4. The summed E-state index contributed by atoms with van der Waals surface area (Å²) in [4.78, 5) is 2.35. The van der Waals surface area contributed by atoms with Gasteiger partial charge in [-0.05, 0) is 69.2 Å². The molecule has 2 aromatic carbocycles. The Labute approximate surface area is 214 Å². The third-order valence-corrected chi connectivity index (χ3v) is 6.35. The summed E-state index contributed by atoms with van der Waals surface area (Å²) in [5.41, 5.74) is 11.8. The Kier molecular flexibility index (Phi) is 20.9. The minimum absolute atomic E-state index is 0.0221. The molecule has 2 aromatic rings. The highest BCUT2D eigenvalue weighted by Gasteiger charge is 2.45. The highest BCUT2D eigenvalue weighted by Crippen LogP contribution is 2.53. The molecule has 0 saturated carbocycles. The second-order valence-corrected chi connectivity index (χ2v) is 8.13. The van der Waals surface area contributed by atoms with Crippen molar-refractivity contribution >= 4 is 11.1 Å². The van der Waals surface area contributed by atoms with Crippen molar-refractivity contribution in [2.45, 2.75) is 95.0 Å². The lowest BCUT2D eigenvalue weighted by atomic mass is 9.66. The monoisotopic (exact) mass is 470 g/mol. The van der Waals surface area contributed by atoms with Gasteiger partial charge in [0.15, 0.2) is 0 Å². The van der Waals surface area contributed by atoms with Gasteiger partial charge in [0.25, 0.3) is 0 Å². The van der Waals surface area contributed by atoms with E-state index in [4.69, 9.17) is 0 Å². The van der Waals surface area contributed by atoms with Crippen LogP contribution in [0.1, 0.15) is 99.8 Å². The van der Waals surface area contributed by atoms with E-state index in [0.717, 1.165) is 6.42 Å². The van der Waals surface area contributed by atoms with Crippen LogP contribution < -0.4 is 5.73 Å². The Balaban J connectivity index is -0.000000854. The van der Waals surface area contributed by atoms with Crippen LogP contribution >= 0.6 is 0 Å². The molecule has 0 fully saturated rings. The number of fused-ring (bicyclic) bond motifs is 1. The number of benzene rings is 2.